The van der Waals surface area contributed by atoms with Gasteiger partial charge in [-0.3, -0.25) is 5.09 Å². The number of aryl methyl sites for hydroxylation is 1. The van der Waals surface area contributed by atoms with Crippen LogP contribution in [0.25, 0.3) is 0 Å². The summed E-state index contributed by atoms with van der Waals surface area (Å²) in [6.07, 6.45) is 0. The van der Waals surface area contributed by atoms with Crippen molar-refractivity contribution in [3.05, 3.63) is 95.1 Å². The lowest BCUT2D eigenvalue weighted by atomic mass is 10.1. The molecule has 0 unspecified atom stereocenters. The van der Waals surface area contributed by atoms with E-state index >= 15 is 0 Å². The molecule has 0 heterocycles. The molecule has 0 bridgehead atoms. The number of hydrogen-bond donors (Lipinski definition) is 1. The van der Waals surface area contributed by atoms with Crippen molar-refractivity contribution in [2.45, 2.75) is 33.7 Å². The maximum Gasteiger partial charge on any atom is 0.0333 e. The standard InChI is InChI=1S/C23H26NP/c1-17-15-16-23(19(3)18(17)2)25(22-13-9-6-10-14-22)24-20(4)21-11-7-5-8-12-21/h5-16,20,24H,1-4H3/t20-,25-/m0/s1. The van der Waals surface area contributed by atoms with Gasteiger partial charge in [-0.2, -0.15) is 0 Å². The molecule has 0 radical (unpaired) electrons. The van der Waals surface area contributed by atoms with Gasteiger partial charge in [0.2, 0.25) is 0 Å². The maximum absolute atomic E-state index is 3.92. The van der Waals surface area contributed by atoms with Crippen LogP contribution in [0.15, 0.2) is 72.8 Å². The van der Waals surface area contributed by atoms with Crippen molar-refractivity contribution in [3.63, 3.8) is 0 Å². The third-order valence-corrected chi connectivity index (χ3v) is 7.33. The van der Waals surface area contributed by atoms with Crippen molar-refractivity contribution >= 4 is 18.7 Å². The minimum absolute atomic E-state index is 0.300. The fraction of sp³-hybridized carbons (Fsp3) is 0.217. The fourth-order valence-electron chi connectivity index (χ4n) is 3.05. The Morgan fingerprint density at radius 3 is 1.96 bits per heavy atom. The van der Waals surface area contributed by atoms with Gasteiger partial charge in [-0.1, -0.05) is 72.8 Å². The molecule has 0 aromatic heterocycles. The summed E-state index contributed by atoms with van der Waals surface area (Å²) in [5.74, 6) is 0. The van der Waals surface area contributed by atoms with Gasteiger partial charge in [0.05, 0.1) is 0 Å². The molecule has 0 aliphatic carbocycles. The Hall–Kier alpha value is -1.95. The molecule has 0 saturated carbocycles. The zero-order chi connectivity index (χ0) is 17.8. The highest BCUT2D eigenvalue weighted by Gasteiger charge is 2.20. The van der Waals surface area contributed by atoms with Gasteiger partial charge in [-0.15, -0.1) is 0 Å². The molecular weight excluding hydrogens is 321 g/mol. The van der Waals surface area contributed by atoms with E-state index in [1.807, 2.05) is 0 Å². The molecular formula is C23H26NP. The summed E-state index contributed by atoms with van der Waals surface area (Å²) in [4.78, 5) is 0. The first kappa shape index (κ1) is 17.9. The number of nitrogens with one attached hydrogen (secondary N) is 1. The topological polar surface area (TPSA) is 12.0 Å². The van der Waals surface area contributed by atoms with Crippen LogP contribution in [0.5, 0.6) is 0 Å². The Balaban J connectivity index is 2.01. The number of hydrogen-bond acceptors (Lipinski definition) is 1. The summed E-state index contributed by atoms with van der Waals surface area (Å²) in [7, 11) is -0.613. The van der Waals surface area contributed by atoms with Crippen LogP contribution in [0.3, 0.4) is 0 Å². The minimum atomic E-state index is -0.613. The van der Waals surface area contributed by atoms with Gasteiger partial charge in [0, 0.05) is 14.1 Å². The maximum atomic E-state index is 3.92. The van der Waals surface area contributed by atoms with Gasteiger partial charge in [0.25, 0.3) is 0 Å². The Bertz CT molecular complexity index is 827. The van der Waals surface area contributed by atoms with Gasteiger partial charge in [0.15, 0.2) is 0 Å². The third kappa shape index (κ3) is 4.00. The first-order valence-electron chi connectivity index (χ1n) is 8.81. The number of rotatable bonds is 5. The molecule has 25 heavy (non-hydrogen) atoms. The van der Waals surface area contributed by atoms with Crippen molar-refractivity contribution in [3.8, 4) is 0 Å². The second-order valence-electron chi connectivity index (χ2n) is 6.58. The SMILES string of the molecule is Cc1ccc([P@@](N[C@@H](C)c2ccccc2)c2ccccc2)c(C)c1C. The molecule has 2 heteroatoms. The molecule has 0 saturated heterocycles. The molecule has 128 valence electrons. The van der Waals surface area contributed by atoms with Gasteiger partial charge in [-0.05, 0) is 60.6 Å². The first-order chi connectivity index (χ1) is 12.1. The Kier molecular flexibility index (Phi) is 5.68. The molecule has 0 amide bonds. The average Bonchev–Trinajstić information content (AvgIpc) is 2.66. The predicted molar refractivity (Wildman–Crippen MR) is 111 cm³/mol. The zero-order valence-electron chi connectivity index (χ0n) is 15.5. The number of benzene rings is 3. The molecule has 1 nitrogen and oxygen atoms in total. The van der Waals surface area contributed by atoms with Crippen molar-refractivity contribution < 1.29 is 0 Å². The van der Waals surface area contributed by atoms with Gasteiger partial charge in [-0.25, -0.2) is 0 Å². The molecule has 0 aliphatic rings. The van der Waals surface area contributed by atoms with Crippen LogP contribution in [-0.2, 0) is 0 Å². The molecule has 3 aromatic carbocycles. The second-order valence-corrected chi connectivity index (χ2v) is 8.51. The Labute approximate surface area is 152 Å². The highest BCUT2D eigenvalue weighted by molar-refractivity contribution is 7.71. The molecule has 3 rings (SSSR count). The molecule has 0 spiro atoms. The first-order valence-corrected chi connectivity index (χ1v) is 10.1. The second kappa shape index (κ2) is 7.95. The van der Waals surface area contributed by atoms with Crippen molar-refractivity contribution in [2.24, 2.45) is 0 Å². The molecule has 1 N–H and O–H groups in total. The van der Waals surface area contributed by atoms with Gasteiger partial charge >= 0.3 is 0 Å². The summed E-state index contributed by atoms with van der Waals surface area (Å²) in [5.41, 5.74) is 5.49. The van der Waals surface area contributed by atoms with E-state index in [1.165, 1.54) is 32.9 Å². The predicted octanol–water partition coefficient (Wildman–Crippen LogP) is 5.31. The summed E-state index contributed by atoms with van der Waals surface area (Å²) in [5, 5.41) is 6.71. The van der Waals surface area contributed by atoms with Crippen LogP contribution in [0, 0.1) is 20.8 Å². The van der Waals surface area contributed by atoms with Crippen LogP contribution in [0.2, 0.25) is 0 Å². The smallest absolute Gasteiger partial charge is 0.0333 e. The van der Waals surface area contributed by atoms with Crippen molar-refractivity contribution in [2.75, 3.05) is 0 Å². The fourth-order valence-corrected chi connectivity index (χ4v) is 5.35. The monoisotopic (exact) mass is 347 g/mol. The van der Waals surface area contributed by atoms with Gasteiger partial charge in [0.1, 0.15) is 0 Å². The van der Waals surface area contributed by atoms with E-state index < -0.39 is 8.07 Å². The highest BCUT2D eigenvalue weighted by Crippen LogP contribution is 2.35. The van der Waals surface area contributed by atoms with E-state index in [2.05, 4.69) is 106 Å². The Morgan fingerprint density at radius 1 is 0.720 bits per heavy atom. The highest BCUT2D eigenvalue weighted by atomic mass is 31.1. The summed E-state index contributed by atoms with van der Waals surface area (Å²) in [6, 6.07) is 26.4. The van der Waals surface area contributed by atoms with E-state index in [9.17, 15) is 0 Å². The van der Waals surface area contributed by atoms with Crippen molar-refractivity contribution in [1.29, 1.82) is 0 Å². The van der Waals surface area contributed by atoms with Gasteiger partial charge < -0.3 is 0 Å². The molecule has 3 aromatic rings. The normalized spacial score (nSPS) is 13.4. The molecule has 0 aliphatic heterocycles. The van der Waals surface area contributed by atoms with Crippen molar-refractivity contribution in [1.82, 2.24) is 5.09 Å². The van der Waals surface area contributed by atoms with Crippen LogP contribution < -0.4 is 15.7 Å². The average molecular weight is 347 g/mol. The van der Waals surface area contributed by atoms with E-state index in [4.69, 9.17) is 0 Å². The summed E-state index contributed by atoms with van der Waals surface area (Å²) in [6.45, 7) is 8.93. The lowest BCUT2D eigenvalue weighted by Crippen LogP contribution is -2.27. The Morgan fingerprint density at radius 2 is 1.32 bits per heavy atom. The molecule has 0 fully saturated rings. The van der Waals surface area contributed by atoms with E-state index in [-0.39, 0.29) is 0 Å². The van der Waals surface area contributed by atoms with Crippen LogP contribution in [0.1, 0.15) is 35.2 Å². The third-order valence-electron chi connectivity index (χ3n) is 4.91. The van der Waals surface area contributed by atoms with Crippen LogP contribution in [0.4, 0.5) is 0 Å². The lowest BCUT2D eigenvalue weighted by molar-refractivity contribution is 0.748. The summed E-state index contributed by atoms with van der Waals surface area (Å²) < 4.78 is 0. The largest absolute Gasteiger partial charge is 0.282 e. The lowest BCUT2D eigenvalue weighted by Gasteiger charge is -2.27. The van der Waals surface area contributed by atoms with E-state index in [0.717, 1.165) is 0 Å². The van der Waals surface area contributed by atoms with E-state index in [1.54, 1.807) is 0 Å². The van der Waals surface area contributed by atoms with Crippen LogP contribution in [-0.4, -0.2) is 0 Å². The quantitative estimate of drug-likeness (QED) is 0.617. The summed E-state index contributed by atoms with van der Waals surface area (Å²) >= 11 is 0. The molecule has 2 atom stereocenters. The minimum Gasteiger partial charge on any atom is -0.282 e. The van der Waals surface area contributed by atoms with E-state index in [0.29, 0.717) is 6.04 Å². The zero-order valence-corrected chi connectivity index (χ0v) is 16.3. The van der Waals surface area contributed by atoms with Crippen LogP contribution >= 0.6 is 8.07 Å².